The van der Waals surface area contributed by atoms with E-state index in [0.717, 1.165) is 0 Å². The Morgan fingerprint density at radius 1 is 0.542 bits per heavy atom. The fourth-order valence-corrected chi connectivity index (χ4v) is 3.69. The number of halogens is 1. The van der Waals surface area contributed by atoms with E-state index in [0.29, 0.717) is 22.3 Å². The molecule has 0 saturated carbocycles. The largest absolute Gasteiger partial charge is 0.478 e. The van der Waals surface area contributed by atoms with Gasteiger partial charge in [-0.25, -0.2) is 19.2 Å². The first-order valence-electron chi connectivity index (χ1n) is 13.8. The van der Waals surface area contributed by atoms with Crippen molar-refractivity contribution in [1.82, 2.24) is 0 Å². The topological polar surface area (TPSA) is 239 Å². The van der Waals surface area contributed by atoms with Crippen LogP contribution in [0.1, 0.15) is 41.4 Å². The Morgan fingerprint density at radius 3 is 0.917 bits per heavy atom. The van der Waals surface area contributed by atoms with E-state index >= 15 is 0 Å². The fourth-order valence-electron chi connectivity index (χ4n) is 3.45. The van der Waals surface area contributed by atoms with Crippen molar-refractivity contribution in [3.63, 3.8) is 0 Å². The average Bonchev–Trinajstić information content (AvgIpc) is 3.34. The molecule has 256 valence electrons. The highest BCUT2D eigenvalue weighted by atomic mass is 35.5. The molecule has 4 atom stereocenters. The number of aliphatic hydroxyl groups excluding tert-OH is 4. The van der Waals surface area contributed by atoms with E-state index in [1.54, 1.807) is 121 Å². The van der Waals surface area contributed by atoms with Crippen LogP contribution in [0.2, 0.25) is 0 Å². The standard InChI is InChI=1S/4C7H6O2.C6H11ClO5/c4*8-7(9)6-4-2-1-3-5-6;7-6(2-9)5(11)4(10)3(1-8)12-6/h4*1-5H,(H,8,9);3-5,8-11H,1-2H2/t;;;;3-,4-,5+,6?/m....1/s1. The van der Waals surface area contributed by atoms with Crippen LogP contribution in [0, 0.1) is 0 Å². The van der Waals surface area contributed by atoms with E-state index in [1.165, 1.54) is 0 Å². The van der Waals surface area contributed by atoms with Crippen LogP contribution in [0.25, 0.3) is 0 Å². The molecule has 0 aliphatic carbocycles. The van der Waals surface area contributed by atoms with Gasteiger partial charge in [0.2, 0.25) is 0 Å². The van der Waals surface area contributed by atoms with E-state index < -0.39 is 60.5 Å². The fraction of sp³-hybridized carbons (Fsp3) is 0.176. The number of aromatic carboxylic acids is 4. The van der Waals surface area contributed by atoms with E-state index in [-0.39, 0.29) is 0 Å². The summed E-state index contributed by atoms with van der Waals surface area (Å²) in [5, 5.41) is 67.6. The zero-order chi connectivity index (χ0) is 36.1. The number of hydrogen-bond acceptors (Lipinski definition) is 9. The van der Waals surface area contributed by atoms with Gasteiger partial charge in [-0.05, 0) is 48.5 Å². The summed E-state index contributed by atoms with van der Waals surface area (Å²) in [6, 6.07) is 33.2. The zero-order valence-electron chi connectivity index (χ0n) is 25.2. The Labute approximate surface area is 280 Å². The van der Waals surface area contributed by atoms with E-state index in [4.69, 9.17) is 47.0 Å². The SMILES string of the molecule is O=C(O)c1ccccc1.O=C(O)c1ccccc1.O=C(O)c1ccccc1.O=C(O)c1ccccc1.OC[C@H]1OC(Cl)(CO)[C@@H](O)[C@@H]1O. The van der Waals surface area contributed by atoms with Crippen molar-refractivity contribution in [2.45, 2.75) is 23.4 Å². The van der Waals surface area contributed by atoms with Crippen LogP contribution in [0.15, 0.2) is 121 Å². The van der Waals surface area contributed by atoms with Gasteiger partial charge < -0.3 is 45.6 Å². The first kappa shape index (κ1) is 40.9. The van der Waals surface area contributed by atoms with Crippen LogP contribution < -0.4 is 0 Å². The maximum Gasteiger partial charge on any atom is 0.335 e. The molecule has 13 nitrogen and oxygen atoms in total. The van der Waals surface area contributed by atoms with Gasteiger partial charge in [0.05, 0.1) is 35.5 Å². The van der Waals surface area contributed by atoms with Gasteiger partial charge in [0, 0.05) is 0 Å². The highest BCUT2D eigenvalue weighted by Gasteiger charge is 2.52. The van der Waals surface area contributed by atoms with Gasteiger partial charge in [-0.2, -0.15) is 0 Å². The molecule has 1 fully saturated rings. The molecule has 0 bridgehead atoms. The minimum Gasteiger partial charge on any atom is -0.478 e. The highest BCUT2D eigenvalue weighted by Crippen LogP contribution is 2.34. The van der Waals surface area contributed by atoms with Gasteiger partial charge in [-0.3, -0.25) is 0 Å². The van der Waals surface area contributed by atoms with Crippen LogP contribution in [-0.4, -0.2) is 101 Å². The summed E-state index contributed by atoms with van der Waals surface area (Å²) >= 11 is 5.58. The van der Waals surface area contributed by atoms with Gasteiger partial charge in [0.25, 0.3) is 0 Å². The van der Waals surface area contributed by atoms with Crippen molar-refractivity contribution in [2.75, 3.05) is 13.2 Å². The Balaban J connectivity index is 0.000000302. The summed E-state index contributed by atoms with van der Waals surface area (Å²) < 4.78 is 4.84. The molecule has 0 spiro atoms. The third kappa shape index (κ3) is 14.5. The lowest BCUT2D eigenvalue weighted by Gasteiger charge is -2.21. The smallest absolute Gasteiger partial charge is 0.335 e. The third-order valence-corrected chi connectivity index (χ3v) is 6.40. The average molecular weight is 687 g/mol. The number of carboxylic acid groups (broad SMARTS) is 4. The molecule has 8 N–H and O–H groups in total. The van der Waals surface area contributed by atoms with Crippen molar-refractivity contribution < 1.29 is 64.8 Å². The van der Waals surface area contributed by atoms with E-state index in [9.17, 15) is 29.4 Å². The Kier molecular flexibility index (Phi) is 18.4. The van der Waals surface area contributed by atoms with Gasteiger partial charge in [-0.15, -0.1) is 0 Å². The van der Waals surface area contributed by atoms with Gasteiger partial charge in [0.15, 0.2) is 5.06 Å². The molecule has 4 aromatic carbocycles. The first-order chi connectivity index (χ1) is 22.8. The normalized spacial score (nSPS) is 18.7. The summed E-state index contributed by atoms with van der Waals surface area (Å²) in [5.41, 5.74) is 1.32. The van der Waals surface area contributed by atoms with Crippen LogP contribution in [-0.2, 0) is 4.74 Å². The predicted octanol–water partition coefficient (Wildman–Crippen LogP) is 3.57. The lowest BCUT2D eigenvalue weighted by atomic mass is 10.1. The van der Waals surface area contributed by atoms with Gasteiger partial charge >= 0.3 is 23.9 Å². The lowest BCUT2D eigenvalue weighted by Crippen LogP contribution is -2.41. The Morgan fingerprint density at radius 2 is 0.792 bits per heavy atom. The van der Waals surface area contributed by atoms with E-state index in [2.05, 4.69) is 0 Å². The van der Waals surface area contributed by atoms with Crippen molar-refractivity contribution in [2.24, 2.45) is 0 Å². The second-order valence-electron chi connectivity index (χ2n) is 9.40. The summed E-state index contributed by atoms with van der Waals surface area (Å²) in [4.78, 5) is 40.8. The molecule has 0 amide bonds. The maximum absolute atomic E-state index is 10.2. The first-order valence-corrected chi connectivity index (χ1v) is 14.2. The Hall–Kier alpha value is -5.15. The molecular weight excluding hydrogens is 652 g/mol. The zero-order valence-corrected chi connectivity index (χ0v) is 25.9. The summed E-state index contributed by atoms with van der Waals surface area (Å²) in [7, 11) is 0. The number of hydrogen-bond donors (Lipinski definition) is 8. The predicted molar refractivity (Wildman–Crippen MR) is 173 cm³/mol. The van der Waals surface area contributed by atoms with Crippen LogP contribution in [0.3, 0.4) is 0 Å². The Bertz CT molecular complexity index is 1330. The van der Waals surface area contributed by atoms with Crippen molar-refractivity contribution in [3.8, 4) is 0 Å². The molecule has 1 heterocycles. The summed E-state index contributed by atoms with van der Waals surface area (Å²) in [5.74, 6) is -3.52. The second-order valence-corrected chi connectivity index (χ2v) is 10.0. The summed E-state index contributed by atoms with van der Waals surface area (Å²) in [6.45, 7) is -1.07. The van der Waals surface area contributed by atoms with Crippen molar-refractivity contribution in [1.29, 1.82) is 0 Å². The second kappa shape index (κ2) is 21.6. The number of aliphatic hydroxyl groups is 4. The van der Waals surface area contributed by atoms with Gasteiger partial charge in [0.1, 0.15) is 18.3 Å². The summed E-state index contributed by atoms with van der Waals surface area (Å²) in [6.07, 6.45) is -3.59. The molecule has 0 aromatic heterocycles. The monoisotopic (exact) mass is 686 g/mol. The molecule has 5 rings (SSSR count). The number of alkyl halides is 1. The molecule has 4 aromatic rings. The van der Waals surface area contributed by atoms with Crippen LogP contribution in [0.5, 0.6) is 0 Å². The molecule has 1 aliphatic rings. The molecule has 14 heteroatoms. The molecule has 1 unspecified atom stereocenters. The molecule has 48 heavy (non-hydrogen) atoms. The maximum atomic E-state index is 10.2. The minimum absolute atomic E-state index is 0.331. The quantitative estimate of drug-likeness (QED) is 0.136. The molecule has 1 saturated heterocycles. The van der Waals surface area contributed by atoms with Crippen LogP contribution >= 0.6 is 11.6 Å². The number of carbonyl (C=O) groups is 4. The number of benzene rings is 4. The number of rotatable bonds is 6. The van der Waals surface area contributed by atoms with Crippen LogP contribution in [0.4, 0.5) is 0 Å². The number of carboxylic acids is 4. The minimum atomic E-state index is -1.69. The van der Waals surface area contributed by atoms with Crippen molar-refractivity contribution >= 4 is 35.5 Å². The molecule has 0 radical (unpaired) electrons. The highest BCUT2D eigenvalue weighted by molar-refractivity contribution is 6.23. The molecular formula is C34H35ClO13. The molecule has 1 aliphatic heterocycles. The van der Waals surface area contributed by atoms with Crippen molar-refractivity contribution in [3.05, 3.63) is 144 Å². The van der Waals surface area contributed by atoms with Gasteiger partial charge in [-0.1, -0.05) is 84.4 Å². The third-order valence-electron chi connectivity index (χ3n) is 5.97. The number of ether oxygens (including phenoxy) is 1. The lowest BCUT2D eigenvalue weighted by molar-refractivity contribution is -0.0653. The van der Waals surface area contributed by atoms with E-state index in [1.807, 2.05) is 0 Å².